The zero-order valence-corrected chi connectivity index (χ0v) is 20.9. The first-order chi connectivity index (χ1) is 16.1. The normalized spacial score (nSPS) is 13.8. The highest BCUT2D eigenvalue weighted by molar-refractivity contribution is 6.05. The first-order valence-electron chi connectivity index (χ1n) is 11.9. The fourth-order valence-electron chi connectivity index (χ4n) is 4.15. The van der Waals surface area contributed by atoms with Crippen molar-refractivity contribution in [3.8, 4) is 11.3 Å². The van der Waals surface area contributed by atoms with Crippen molar-refractivity contribution < 1.29 is 4.79 Å². The van der Waals surface area contributed by atoms with Gasteiger partial charge in [-0.3, -0.25) is 4.79 Å². The molecule has 1 fully saturated rings. The first-order valence-corrected chi connectivity index (χ1v) is 11.9. The maximum Gasteiger partial charge on any atom is 0.251 e. The molecule has 1 saturated carbocycles. The number of nitrogens with one attached hydrogen (secondary N) is 3. The Balaban J connectivity index is 1.58. The highest BCUT2D eigenvalue weighted by Gasteiger charge is 2.25. The van der Waals surface area contributed by atoms with Gasteiger partial charge < -0.3 is 15.7 Å². The zero-order valence-electron chi connectivity index (χ0n) is 20.9. The molecule has 0 saturated heterocycles. The zero-order chi connectivity index (χ0) is 24.6. The third-order valence-electron chi connectivity index (χ3n) is 6.89. The van der Waals surface area contributed by atoms with Gasteiger partial charge >= 0.3 is 0 Å². The summed E-state index contributed by atoms with van der Waals surface area (Å²) < 4.78 is 0. The van der Waals surface area contributed by atoms with Crippen LogP contribution in [0.5, 0.6) is 0 Å². The van der Waals surface area contributed by atoms with Crippen molar-refractivity contribution in [3.05, 3.63) is 81.6 Å². The summed E-state index contributed by atoms with van der Waals surface area (Å²) in [7, 11) is 0. The Hall–Kier alpha value is -3.62. The van der Waals surface area contributed by atoms with Crippen LogP contribution >= 0.6 is 0 Å². The van der Waals surface area contributed by atoms with Gasteiger partial charge in [0.15, 0.2) is 0 Å². The minimum absolute atomic E-state index is 0.134. The van der Waals surface area contributed by atoms with Gasteiger partial charge in [-0.25, -0.2) is 0 Å². The van der Waals surface area contributed by atoms with E-state index < -0.39 is 0 Å². The molecule has 1 aliphatic carbocycles. The number of anilines is 1. The van der Waals surface area contributed by atoms with E-state index in [0.29, 0.717) is 11.3 Å². The van der Waals surface area contributed by atoms with Crippen molar-refractivity contribution in [3.63, 3.8) is 0 Å². The van der Waals surface area contributed by atoms with E-state index in [-0.39, 0.29) is 5.91 Å². The van der Waals surface area contributed by atoms with Gasteiger partial charge in [0.25, 0.3) is 5.91 Å². The molecule has 0 atom stereocenters. The van der Waals surface area contributed by atoms with Crippen LogP contribution in [0.2, 0.25) is 0 Å². The standard InChI is InChI=1S/C30H33N3O/c1-17-7-8-24(15-27(17)23-9-10-23)29-16-25-14-26(11-12-28(25)33-29)32-30(34)21(5)20(4)18(2)13-19(3)22(6)31/h7-8,11-12,14-16,23,31,33H,9-10H2,1-6H3,(H,32,34). The largest absolute Gasteiger partial charge is 0.355 e. The van der Waals surface area contributed by atoms with Crippen LogP contribution in [0, 0.1) is 12.3 Å². The third kappa shape index (κ3) is 4.98. The Bertz CT molecular complexity index is 1410. The lowest BCUT2D eigenvalue weighted by molar-refractivity contribution is -0.112. The topological polar surface area (TPSA) is 68.7 Å². The number of hydrogen-bond acceptors (Lipinski definition) is 2. The molecule has 0 radical (unpaired) electrons. The van der Waals surface area contributed by atoms with Gasteiger partial charge in [0.2, 0.25) is 0 Å². The van der Waals surface area contributed by atoms with E-state index in [1.165, 1.54) is 29.5 Å². The summed E-state index contributed by atoms with van der Waals surface area (Å²) in [5.41, 5.74) is 13.8. The Labute approximate surface area is 202 Å². The number of aryl methyl sites for hydroxylation is 1. The van der Waals surface area contributed by atoms with E-state index in [1.807, 2.05) is 45.9 Å². The van der Waals surface area contributed by atoms with E-state index in [0.717, 1.165) is 44.9 Å². The maximum absolute atomic E-state index is 12.9. The molecule has 4 heteroatoms. The fraction of sp³-hybridized carbons (Fsp3) is 0.300. The SMILES string of the molecule is CC(=N)C(C)=C=C(C)C(C)=C(C)C(=O)Nc1ccc2[nH]c(-c3ccc(C)c(C4CC4)c3)cc2c1. The molecule has 4 nitrogen and oxygen atoms in total. The number of H-pyrrole nitrogens is 1. The van der Waals surface area contributed by atoms with Crippen molar-refractivity contribution in [1.82, 2.24) is 4.98 Å². The van der Waals surface area contributed by atoms with Gasteiger partial charge in [-0.1, -0.05) is 12.1 Å². The van der Waals surface area contributed by atoms with E-state index >= 15 is 0 Å². The van der Waals surface area contributed by atoms with Gasteiger partial charge in [-0.05, 0) is 118 Å². The lowest BCUT2D eigenvalue weighted by atomic mass is 10.00. The van der Waals surface area contributed by atoms with Gasteiger partial charge in [-0.15, -0.1) is 5.73 Å². The number of hydrogen-bond donors (Lipinski definition) is 3. The minimum atomic E-state index is -0.134. The maximum atomic E-state index is 12.9. The molecule has 34 heavy (non-hydrogen) atoms. The third-order valence-corrected chi connectivity index (χ3v) is 6.89. The second-order valence-corrected chi connectivity index (χ2v) is 9.53. The molecule has 0 unspecified atom stereocenters. The minimum Gasteiger partial charge on any atom is -0.355 e. The van der Waals surface area contributed by atoms with E-state index in [2.05, 4.69) is 47.2 Å². The van der Waals surface area contributed by atoms with Crippen LogP contribution in [0.15, 0.2) is 70.5 Å². The van der Waals surface area contributed by atoms with Crippen LogP contribution in [0.4, 0.5) is 5.69 Å². The number of aromatic amines is 1. The summed E-state index contributed by atoms with van der Waals surface area (Å²) in [6.45, 7) is 11.5. The summed E-state index contributed by atoms with van der Waals surface area (Å²) >= 11 is 0. The molecule has 2 aromatic carbocycles. The Morgan fingerprint density at radius 1 is 0.971 bits per heavy atom. The lowest BCUT2D eigenvalue weighted by Gasteiger charge is -2.09. The molecular formula is C30H33N3O. The number of carbonyl (C=O) groups excluding carboxylic acids is 1. The Kier molecular flexibility index (Phi) is 6.45. The van der Waals surface area contributed by atoms with Crippen LogP contribution in [-0.4, -0.2) is 16.6 Å². The van der Waals surface area contributed by atoms with Crippen LogP contribution in [0.3, 0.4) is 0 Å². The molecule has 0 bridgehead atoms. The van der Waals surface area contributed by atoms with Crippen LogP contribution < -0.4 is 5.32 Å². The summed E-state index contributed by atoms with van der Waals surface area (Å²) in [4.78, 5) is 16.4. The summed E-state index contributed by atoms with van der Waals surface area (Å²) in [5.74, 6) is 0.587. The second-order valence-electron chi connectivity index (χ2n) is 9.53. The molecule has 1 aliphatic rings. The van der Waals surface area contributed by atoms with Crippen LogP contribution in [0.1, 0.15) is 64.5 Å². The second kappa shape index (κ2) is 9.32. The molecule has 4 rings (SSSR count). The first kappa shape index (κ1) is 23.5. The molecule has 0 spiro atoms. The number of benzene rings is 2. The molecular weight excluding hydrogens is 418 g/mol. The van der Waals surface area contributed by atoms with E-state index in [9.17, 15) is 4.79 Å². The molecule has 1 aromatic heterocycles. The summed E-state index contributed by atoms with van der Waals surface area (Å²) in [6.07, 6.45) is 2.59. The Morgan fingerprint density at radius 3 is 2.38 bits per heavy atom. The van der Waals surface area contributed by atoms with Crippen molar-refractivity contribution in [1.29, 1.82) is 5.41 Å². The molecule has 174 valence electrons. The smallest absolute Gasteiger partial charge is 0.251 e. The fourth-order valence-corrected chi connectivity index (χ4v) is 4.15. The molecule has 1 amide bonds. The molecule has 3 aromatic rings. The number of carbonyl (C=O) groups is 1. The molecule has 3 N–H and O–H groups in total. The van der Waals surface area contributed by atoms with Crippen molar-refractivity contribution in [2.45, 2.75) is 60.3 Å². The van der Waals surface area contributed by atoms with E-state index in [4.69, 9.17) is 5.41 Å². The van der Waals surface area contributed by atoms with Gasteiger partial charge in [-0.2, -0.15) is 0 Å². The lowest BCUT2D eigenvalue weighted by Crippen LogP contribution is -2.14. The monoisotopic (exact) mass is 451 g/mol. The summed E-state index contributed by atoms with van der Waals surface area (Å²) in [5, 5.41) is 11.8. The predicted molar refractivity (Wildman–Crippen MR) is 143 cm³/mol. The average Bonchev–Trinajstić information content (AvgIpc) is 3.56. The van der Waals surface area contributed by atoms with Crippen molar-refractivity contribution in [2.75, 3.05) is 5.32 Å². The molecule has 1 heterocycles. The van der Waals surface area contributed by atoms with Crippen molar-refractivity contribution >= 4 is 28.2 Å². The number of amides is 1. The van der Waals surface area contributed by atoms with Gasteiger partial charge in [0, 0.05) is 39.1 Å². The Morgan fingerprint density at radius 2 is 1.71 bits per heavy atom. The number of rotatable bonds is 6. The quantitative estimate of drug-likeness (QED) is 0.152. The highest BCUT2D eigenvalue weighted by Crippen LogP contribution is 2.43. The number of fused-ring (bicyclic) bond motifs is 1. The number of allylic oxidation sites excluding steroid dienone is 2. The molecule has 0 aliphatic heterocycles. The van der Waals surface area contributed by atoms with Crippen LogP contribution in [0.25, 0.3) is 22.2 Å². The van der Waals surface area contributed by atoms with Gasteiger partial charge in [0.1, 0.15) is 0 Å². The number of aromatic nitrogens is 1. The summed E-state index contributed by atoms with van der Waals surface area (Å²) in [6, 6.07) is 14.8. The van der Waals surface area contributed by atoms with Crippen LogP contribution in [-0.2, 0) is 4.79 Å². The highest BCUT2D eigenvalue weighted by atomic mass is 16.1. The van der Waals surface area contributed by atoms with Gasteiger partial charge in [0.05, 0.1) is 0 Å². The van der Waals surface area contributed by atoms with Crippen molar-refractivity contribution in [2.24, 2.45) is 0 Å². The average molecular weight is 452 g/mol. The van der Waals surface area contributed by atoms with E-state index in [1.54, 1.807) is 6.92 Å². The predicted octanol–water partition coefficient (Wildman–Crippen LogP) is 7.83.